The smallest absolute Gasteiger partial charge is 0.410 e. The number of aromatic amines is 2. The molecule has 3 aromatic rings. The fraction of sp³-hybridized carbons (Fsp3) is 0.500. The van der Waals surface area contributed by atoms with E-state index in [1.165, 1.54) is 0 Å². The molecule has 4 heterocycles. The second kappa shape index (κ2) is 8.19. The van der Waals surface area contributed by atoms with Gasteiger partial charge in [0.05, 0.1) is 12.2 Å². The number of carbonyl (C=O) groups excluding carboxylic acids is 1. The second-order valence-corrected chi connectivity index (χ2v) is 9.61. The average molecular weight is 469 g/mol. The summed E-state index contributed by atoms with van der Waals surface area (Å²) in [5, 5.41) is 15.0. The first-order valence-electron chi connectivity index (χ1n) is 11.3. The molecule has 0 atom stereocenters. The molecule has 180 valence electrons. The van der Waals surface area contributed by atoms with Crippen LogP contribution in [0.15, 0.2) is 22.1 Å². The molecule has 5 rings (SSSR count). The first-order chi connectivity index (χ1) is 16.2. The Kier molecular flexibility index (Phi) is 5.29. The number of imidazole rings is 1. The van der Waals surface area contributed by atoms with Crippen molar-refractivity contribution in [1.29, 1.82) is 0 Å². The van der Waals surface area contributed by atoms with Crippen molar-refractivity contribution in [3.05, 3.63) is 39.1 Å². The molecule has 12 nitrogen and oxygen atoms in total. The van der Waals surface area contributed by atoms with E-state index in [0.717, 1.165) is 18.7 Å². The third kappa shape index (κ3) is 4.61. The first-order valence-corrected chi connectivity index (χ1v) is 11.3. The molecule has 1 aliphatic heterocycles. The molecule has 2 aliphatic rings. The lowest BCUT2D eigenvalue weighted by atomic mass is 10.2. The predicted octanol–water partition coefficient (Wildman–Crippen LogP) is 0.119. The lowest BCUT2D eigenvalue weighted by Gasteiger charge is -2.36. The van der Waals surface area contributed by atoms with Gasteiger partial charge >= 0.3 is 11.8 Å². The van der Waals surface area contributed by atoms with Gasteiger partial charge in [0, 0.05) is 37.5 Å². The van der Waals surface area contributed by atoms with Gasteiger partial charge in [-0.2, -0.15) is 9.61 Å². The molecule has 2 fully saturated rings. The van der Waals surface area contributed by atoms with E-state index in [1.54, 1.807) is 21.7 Å². The molecular weight excluding hydrogens is 440 g/mol. The lowest BCUT2D eigenvalue weighted by molar-refractivity contribution is 0.0240. The van der Waals surface area contributed by atoms with Crippen LogP contribution in [-0.2, 0) is 4.74 Å². The molecule has 0 spiro atoms. The predicted molar refractivity (Wildman–Crippen MR) is 123 cm³/mol. The van der Waals surface area contributed by atoms with Gasteiger partial charge in [0.2, 0.25) is 5.88 Å². The molecule has 1 amide bonds. The number of H-pyrrole nitrogens is 2. The summed E-state index contributed by atoms with van der Waals surface area (Å²) in [6, 6.07) is 2.20. The van der Waals surface area contributed by atoms with E-state index in [4.69, 9.17) is 14.7 Å². The Morgan fingerprint density at radius 3 is 2.59 bits per heavy atom. The molecule has 3 N–H and O–H groups in total. The molecule has 1 saturated carbocycles. The van der Waals surface area contributed by atoms with Crippen LogP contribution < -0.4 is 21.3 Å². The highest BCUT2D eigenvalue weighted by Crippen LogP contribution is 2.23. The van der Waals surface area contributed by atoms with Crippen molar-refractivity contribution >= 4 is 23.6 Å². The van der Waals surface area contributed by atoms with Gasteiger partial charge in [-0.05, 0) is 39.7 Å². The number of nitrogens with zero attached hydrogens (tertiary/aromatic N) is 6. The van der Waals surface area contributed by atoms with Gasteiger partial charge in [-0.15, -0.1) is 0 Å². The molecule has 3 aromatic heterocycles. The summed E-state index contributed by atoms with van der Waals surface area (Å²) in [6.45, 7) is 7.81. The monoisotopic (exact) mass is 468 g/mol. The zero-order valence-corrected chi connectivity index (χ0v) is 19.4. The summed E-state index contributed by atoms with van der Waals surface area (Å²) < 4.78 is 7.17. The van der Waals surface area contributed by atoms with E-state index in [2.05, 4.69) is 20.0 Å². The van der Waals surface area contributed by atoms with Gasteiger partial charge < -0.3 is 24.6 Å². The molecule has 34 heavy (non-hydrogen) atoms. The zero-order valence-electron chi connectivity index (χ0n) is 19.4. The normalized spacial score (nSPS) is 18.2. The number of fused-ring (bicyclic) bond motifs is 1. The van der Waals surface area contributed by atoms with Gasteiger partial charge in [0.25, 0.3) is 0 Å². The standard InChI is InChI=1S/C22H28N8O4/c1-22(2,3)34-21(33)29-8-6-28(7-9-29)16-11-17(24-14-4-5-14)30-18(26-16)13(12-23-30)10-15-19(31)27-20(32)25-15/h10-12,14,31H,4-9H2,1-3H3,(H2,25,27,32)/b13-10-,24-17?. The first kappa shape index (κ1) is 22.0. The molecule has 0 radical (unpaired) electrons. The quantitative estimate of drug-likeness (QED) is 0.495. The average Bonchev–Trinajstić information content (AvgIpc) is 3.40. The van der Waals surface area contributed by atoms with Gasteiger partial charge in [0.1, 0.15) is 17.1 Å². The number of ether oxygens (including phenoxy) is 1. The number of aromatic hydroxyl groups is 1. The summed E-state index contributed by atoms with van der Waals surface area (Å²) in [5.41, 5.74) is 0.476. The molecule has 1 saturated heterocycles. The van der Waals surface area contributed by atoms with Crippen LogP contribution in [0.1, 0.15) is 39.3 Å². The number of hydrogen-bond acceptors (Lipinski definition) is 8. The van der Waals surface area contributed by atoms with Crippen LogP contribution in [0.4, 0.5) is 10.6 Å². The van der Waals surface area contributed by atoms with Crippen molar-refractivity contribution in [2.75, 3.05) is 31.1 Å². The van der Waals surface area contributed by atoms with E-state index >= 15 is 0 Å². The van der Waals surface area contributed by atoms with Gasteiger partial charge in [0.15, 0.2) is 11.1 Å². The van der Waals surface area contributed by atoms with Gasteiger partial charge in [-0.3, -0.25) is 9.98 Å². The summed E-state index contributed by atoms with van der Waals surface area (Å²) >= 11 is 0. The number of aromatic nitrogens is 5. The van der Waals surface area contributed by atoms with E-state index in [0.29, 0.717) is 42.5 Å². The largest absolute Gasteiger partial charge is 0.493 e. The van der Waals surface area contributed by atoms with Crippen molar-refractivity contribution in [1.82, 2.24) is 29.5 Å². The number of hydrogen-bond donors (Lipinski definition) is 3. The van der Waals surface area contributed by atoms with Crippen LogP contribution >= 0.6 is 0 Å². The highest BCUT2D eigenvalue weighted by atomic mass is 16.6. The van der Waals surface area contributed by atoms with E-state index in [9.17, 15) is 14.7 Å². The van der Waals surface area contributed by atoms with E-state index in [1.807, 2.05) is 26.8 Å². The van der Waals surface area contributed by atoms with Crippen molar-refractivity contribution in [2.45, 2.75) is 45.3 Å². The summed E-state index contributed by atoms with van der Waals surface area (Å²) in [6.07, 6.45) is 5.03. The number of carbonyl (C=O) groups is 1. The minimum Gasteiger partial charge on any atom is -0.493 e. The number of amides is 1. The minimum absolute atomic E-state index is 0.248. The number of piperazine rings is 1. The Morgan fingerprint density at radius 1 is 1.24 bits per heavy atom. The molecule has 0 bridgehead atoms. The molecular formula is C22H28N8O4. The van der Waals surface area contributed by atoms with Crippen LogP contribution in [-0.4, -0.2) is 78.5 Å². The van der Waals surface area contributed by atoms with Gasteiger partial charge in [-0.1, -0.05) is 0 Å². The summed E-state index contributed by atoms with van der Waals surface area (Å²) in [5.74, 6) is 0.485. The topological polar surface area (TPSA) is 144 Å². The Labute approximate surface area is 194 Å². The van der Waals surface area contributed by atoms with Crippen LogP contribution in [0.2, 0.25) is 0 Å². The maximum absolute atomic E-state index is 12.4. The van der Waals surface area contributed by atoms with Crippen LogP contribution in [0, 0.1) is 0 Å². The number of nitrogens with one attached hydrogen (secondary N) is 2. The van der Waals surface area contributed by atoms with E-state index in [-0.39, 0.29) is 23.7 Å². The minimum atomic E-state index is -0.535. The van der Waals surface area contributed by atoms with Crippen molar-refractivity contribution < 1.29 is 14.6 Å². The Morgan fingerprint density at radius 2 is 1.97 bits per heavy atom. The van der Waals surface area contributed by atoms with Gasteiger partial charge in [-0.25, -0.2) is 14.6 Å². The summed E-state index contributed by atoms with van der Waals surface area (Å²) in [7, 11) is 0. The Bertz CT molecular complexity index is 1400. The highest BCUT2D eigenvalue weighted by molar-refractivity contribution is 5.68. The number of rotatable bonds is 3. The fourth-order valence-corrected chi connectivity index (χ4v) is 3.79. The van der Waals surface area contributed by atoms with Crippen LogP contribution in [0.25, 0.3) is 11.7 Å². The zero-order chi connectivity index (χ0) is 24.0. The molecule has 0 unspecified atom stereocenters. The molecule has 0 aromatic carbocycles. The maximum Gasteiger partial charge on any atom is 0.410 e. The third-order valence-electron chi connectivity index (χ3n) is 5.62. The summed E-state index contributed by atoms with van der Waals surface area (Å²) in [4.78, 5) is 42.2. The van der Waals surface area contributed by atoms with E-state index < -0.39 is 11.3 Å². The molecule has 12 heteroatoms. The fourth-order valence-electron chi connectivity index (χ4n) is 3.79. The Balaban J connectivity index is 1.48. The SMILES string of the molecule is CC(C)(C)OC(=O)N1CCN(c2cc(=NC3CC3)n3nc/c(=C/c4[nH]c(=O)[nH]c4O)c3n2)CC1. The van der Waals surface area contributed by atoms with Crippen molar-refractivity contribution in [2.24, 2.45) is 4.99 Å². The third-order valence-corrected chi connectivity index (χ3v) is 5.62. The molecule has 1 aliphatic carbocycles. The Hall–Kier alpha value is -3.83. The van der Waals surface area contributed by atoms with Crippen molar-refractivity contribution in [3.63, 3.8) is 0 Å². The van der Waals surface area contributed by atoms with Crippen LogP contribution in [0.5, 0.6) is 5.88 Å². The van der Waals surface area contributed by atoms with Crippen molar-refractivity contribution in [3.8, 4) is 5.88 Å². The lowest BCUT2D eigenvalue weighted by Crippen LogP contribution is -2.50. The second-order valence-electron chi connectivity index (χ2n) is 9.61. The highest BCUT2D eigenvalue weighted by Gasteiger charge is 2.27. The van der Waals surface area contributed by atoms with Crippen LogP contribution in [0.3, 0.4) is 0 Å². The number of anilines is 1. The maximum atomic E-state index is 12.4.